The van der Waals surface area contributed by atoms with E-state index in [1.807, 2.05) is 11.8 Å². The molecule has 0 bridgehead atoms. The Kier molecular flexibility index (Phi) is 7.99. The average molecular weight is 517 g/mol. The Hall–Kier alpha value is -2.10. The number of anilines is 1. The number of piperazine rings is 1. The highest BCUT2D eigenvalue weighted by atomic mass is 32.2. The summed E-state index contributed by atoms with van der Waals surface area (Å²) in [4.78, 5) is 1.89. The zero-order valence-corrected chi connectivity index (χ0v) is 20.7. The van der Waals surface area contributed by atoms with Crippen LogP contribution in [0.5, 0.6) is 0 Å². The van der Waals surface area contributed by atoms with Crippen molar-refractivity contribution in [2.45, 2.75) is 42.4 Å². The van der Waals surface area contributed by atoms with E-state index in [1.165, 1.54) is 29.6 Å². The summed E-state index contributed by atoms with van der Waals surface area (Å²) in [5.74, 6) is 5.83. The van der Waals surface area contributed by atoms with E-state index in [1.54, 1.807) is 17.5 Å². The molecular formula is C23H27F3N2O4S2. The van der Waals surface area contributed by atoms with E-state index in [9.17, 15) is 26.7 Å². The van der Waals surface area contributed by atoms with Crippen molar-refractivity contribution >= 4 is 27.0 Å². The largest absolute Gasteiger partial charge is 0.421 e. The molecule has 11 heteroatoms. The molecule has 1 saturated heterocycles. The Morgan fingerprint density at radius 3 is 2.41 bits per heavy atom. The summed E-state index contributed by atoms with van der Waals surface area (Å²) < 4.78 is 72.8. The van der Waals surface area contributed by atoms with Gasteiger partial charge in [0.25, 0.3) is 10.0 Å². The summed E-state index contributed by atoms with van der Waals surface area (Å²) in [6, 6.07) is 7.21. The van der Waals surface area contributed by atoms with Crippen LogP contribution in [0.15, 0.2) is 39.9 Å². The summed E-state index contributed by atoms with van der Waals surface area (Å²) in [5, 5.41) is 11.9. The lowest BCUT2D eigenvalue weighted by Gasteiger charge is -2.36. The number of ether oxygens (including phenoxy) is 1. The number of nitrogens with zero attached hydrogens (tertiary/aromatic N) is 2. The van der Waals surface area contributed by atoms with Gasteiger partial charge in [0.15, 0.2) is 5.60 Å². The number of thiophene rings is 1. The summed E-state index contributed by atoms with van der Waals surface area (Å²) in [6.07, 6.45) is -4.66. The summed E-state index contributed by atoms with van der Waals surface area (Å²) in [6.45, 7) is 3.72. The van der Waals surface area contributed by atoms with E-state index >= 15 is 0 Å². The van der Waals surface area contributed by atoms with Crippen LogP contribution in [-0.2, 0) is 20.4 Å². The highest BCUT2D eigenvalue weighted by Crippen LogP contribution is 2.40. The van der Waals surface area contributed by atoms with Crippen molar-refractivity contribution in [2.75, 3.05) is 38.2 Å². The number of hydrogen-bond donors (Lipinski definition) is 1. The zero-order chi connectivity index (χ0) is 25.1. The first-order valence-electron chi connectivity index (χ1n) is 10.7. The van der Waals surface area contributed by atoms with Gasteiger partial charge in [0.2, 0.25) is 0 Å². The van der Waals surface area contributed by atoms with Gasteiger partial charge in [-0.15, -0.1) is 11.3 Å². The lowest BCUT2D eigenvalue weighted by atomic mass is 9.93. The molecule has 1 aliphatic rings. The van der Waals surface area contributed by atoms with Crippen LogP contribution in [-0.4, -0.2) is 63.4 Å². The highest BCUT2D eigenvalue weighted by Gasteiger charge is 2.51. The molecule has 1 unspecified atom stereocenters. The van der Waals surface area contributed by atoms with Gasteiger partial charge in [-0.3, -0.25) is 0 Å². The molecule has 1 aliphatic heterocycles. The molecule has 6 nitrogen and oxygen atoms in total. The lowest BCUT2D eigenvalue weighted by Crippen LogP contribution is -2.48. The minimum Gasteiger partial charge on any atom is -0.376 e. The molecule has 0 spiro atoms. The van der Waals surface area contributed by atoms with Crippen LogP contribution in [0.4, 0.5) is 18.9 Å². The van der Waals surface area contributed by atoms with Gasteiger partial charge in [-0.05, 0) is 42.5 Å². The number of rotatable bonds is 6. The van der Waals surface area contributed by atoms with Gasteiger partial charge < -0.3 is 14.7 Å². The van der Waals surface area contributed by atoms with E-state index in [4.69, 9.17) is 4.74 Å². The maximum atomic E-state index is 13.4. The first-order valence-corrected chi connectivity index (χ1v) is 13.0. The first kappa shape index (κ1) is 26.5. The third-order valence-electron chi connectivity index (χ3n) is 5.80. The van der Waals surface area contributed by atoms with Gasteiger partial charge in [-0.25, -0.2) is 8.42 Å². The Bertz CT molecular complexity index is 1140. The number of hydrogen-bond acceptors (Lipinski definition) is 6. The normalized spacial score (nSPS) is 18.1. The van der Waals surface area contributed by atoms with Crippen molar-refractivity contribution in [3.05, 3.63) is 46.8 Å². The van der Waals surface area contributed by atoms with Gasteiger partial charge in [-0.2, -0.15) is 17.5 Å². The van der Waals surface area contributed by atoms with Crippen molar-refractivity contribution < 1.29 is 31.4 Å². The van der Waals surface area contributed by atoms with Crippen molar-refractivity contribution in [3.63, 3.8) is 0 Å². The van der Waals surface area contributed by atoms with Crippen LogP contribution >= 0.6 is 11.3 Å². The minimum absolute atomic E-state index is 0.227. The van der Waals surface area contributed by atoms with Crippen LogP contribution in [0.1, 0.15) is 31.4 Å². The SMILES string of the molecule is CC[C@H](C#Cc1cc(C(C)(O)C(F)(F)F)ccc1N1CCN(S(=O)(=O)c2cccs2)CC1)OC. The molecule has 34 heavy (non-hydrogen) atoms. The Labute approximate surface area is 202 Å². The van der Waals surface area contributed by atoms with Gasteiger partial charge >= 0.3 is 6.18 Å². The van der Waals surface area contributed by atoms with Gasteiger partial charge in [0.1, 0.15) is 10.3 Å². The highest BCUT2D eigenvalue weighted by molar-refractivity contribution is 7.91. The molecule has 1 N–H and O–H groups in total. The maximum Gasteiger partial charge on any atom is 0.421 e. The fraction of sp³-hybridized carbons (Fsp3) is 0.478. The fourth-order valence-electron chi connectivity index (χ4n) is 3.57. The van der Waals surface area contributed by atoms with E-state index in [0.29, 0.717) is 37.7 Å². The maximum absolute atomic E-state index is 13.4. The average Bonchev–Trinajstić information content (AvgIpc) is 3.35. The molecule has 2 heterocycles. The van der Waals surface area contributed by atoms with Crippen LogP contribution < -0.4 is 4.90 Å². The van der Waals surface area contributed by atoms with Crippen LogP contribution in [0.3, 0.4) is 0 Å². The van der Waals surface area contributed by atoms with Crippen molar-refractivity contribution in [3.8, 4) is 11.8 Å². The number of sulfonamides is 1. The standard InChI is InChI=1S/C23H27F3N2O4S2/c1-4-19(32-3)9-7-17-16-18(22(2,29)23(24,25)26)8-10-20(17)27-11-13-28(14-12-27)34(30,31)21-6-5-15-33-21/h5-6,8,10,15-16,19,29H,4,11-14H2,1-3H3/t19-,22?/m1/s1. The molecule has 0 saturated carbocycles. The molecule has 0 aliphatic carbocycles. The molecule has 186 valence electrons. The molecular weight excluding hydrogens is 489 g/mol. The Morgan fingerprint density at radius 2 is 1.88 bits per heavy atom. The third kappa shape index (κ3) is 5.42. The minimum atomic E-state index is -4.86. The summed E-state index contributed by atoms with van der Waals surface area (Å²) >= 11 is 1.15. The first-order chi connectivity index (χ1) is 15.9. The van der Waals surface area contributed by atoms with Crippen molar-refractivity contribution in [1.29, 1.82) is 0 Å². The number of halogens is 3. The smallest absolute Gasteiger partial charge is 0.376 e. The van der Waals surface area contributed by atoms with E-state index < -0.39 is 27.9 Å². The molecule has 1 aromatic carbocycles. The summed E-state index contributed by atoms with van der Waals surface area (Å²) in [7, 11) is -2.08. The van der Waals surface area contributed by atoms with Crippen LogP contribution in [0, 0.1) is 11.8 Å². The van der Waals surface area contributed by atoms with Crippen molar-refractivity contribution in [1.82, 2.24) is 4.31 Å². The monoisotopic (exact) mass is 516 g/mol. The Morgan fingerprint density at radius 1 is 1.21 bits per heavy atom. The molecule has 1 fully saturated rings. The fourth-order valence-corrected chi connectivity index (χ4v) is 6.14. The van der Waals surface area contributed by atoms with E-state index in [-0.39, 0.29) is 22.9 Å². The van der Waals surface area contributed by atoms with Gasteiger partial charge in [-0.1, -0.05) is 30.9 Å². The molecule has 3 rings (SSSR count). The Balaban J connectivity index is 1.91. The quantitative estimate of drug-likeness (QED) is 0.592. The van der Waals surface area contributed by atoms with E-state index in [0.717, 1.165) is 11.3 Å². The topological polar surface area (TPSA) is 70.1 Å². The lowest BCUT2D eigenvalue weighted by molar-refractivity contribution is -0.258. The molecule has 2 atom stereocenters. The molecule has 0 amide bonds. The van der Waals surface area contributed by atoms with Gasteiger partial charge in [0.05, 0.1) is 5.69 Å². The van der Waals surface area contributed by atoms with Crippen molar-refractivity contribution in [2.24, 2.45) is 0 Å². The number of methoxy groups -OCH3 is 1. The number of alkyl halides is 3. The van der Waals surface area contributed by atoms with E-state index in [2.05, 4.69) is 11.8 Å². The number of benzene rings is 1. The van der Waals surface area contributed by atoms with Crippen LogP contribution in [0.25, 0.3) is 0 Å². The second-order valence-corrected chi connectivity index (χ2v) is 11.1. The third-order valence-corrected chi connectivity index (χ3v) is 9.07. The summed E-state index contributed by atoms with van der Waals surface area (Å²) in [5.41, 5.74) is -2.47. The molecule has 0 radical (unpaired) electrons. The molecule has 2 aromatic rings. The molecule has 1 aromatic heterocycles. The predicted molar refractivity (Wildman–Crippen MR) is 125 cm³/mol. The van der Waals surface area contributed by atoms with Crippen LogP contribution in [0.2, 0.25) is 0 Å². The predicted octanol–water partition coefficient (Wildman–Crippen LogP) is 3.81. The van der Waals surface area contributed by atoms with Gasteiger partial charge in [0, 0.05) is 38.9 Å². The number of aliphatic hydroxyl groups is 1. The second kappa shape index (κ2) is 10.3. The second-order valence-electron chi connectivity index (χ2n) is 8.03. The zero-order valence-electron chi connectivity index (χ0n) is 19.1.